The van der Waals surface area contributed by atoms with Crippen molar-refractivity contribution in [3.05, 3.63) is 12.2 Å². The molecule has 0 aromatic heterocycles. The van der Waals surface area contributed by atoms with Gasteiger partial charge in [0.05, 0.1) is 6.54 Å². The maximum atomic E-state index is 10.4. The Kier molecular flexibility index (Phi) is 1.72. The van der Waals surface area contributed by atoms with Crippen molar-refractivity contribution < 1.29 is 9.53 Å². The molecule has 50 valence electrons. The van der Waals surface area contributed by atoms with E-state index < -0.39 is 0 Å². The summed E-state index contributed by atoms with van der Waals surface area (Å²) in [5.74, 6) is 0. The van der Waals surface area contributed by atoms with E-state index in [1.165, 1.54) is 0 Å². The van der Waals surface area contributed by atoms with Gasteiger partial charge in [-0.2, -0.15) is 0 Å². The predicted molar refractivity (Wildman–Crippen MR) is 33.1 cm³/mol. The number of hydrogen-bond donors (Lipinski definition) is 1. The molecule has 1 saturated heterocycles. The van der Waals surface area contributed by atoms with E-state index in [1.807, 2.05) is 19.1 Å². The van der Waals surface area contributed by atoms with E-state index in [0.717, 1.165) is 0 Å². The normalized spacial score (nSPS) is 26.3. The Bertz CT molecular complexity index is 142. The van der Waals surface area contributed by atoms with Crippen molar-refractivity contribution >= 4 is 6.09 Å². The summed E-state index contributed by atoms with van der Waals surface area (Å²) in [6.07, 6.45) is 3.34. The van der Waals surface area contributed by atoms with Gasteiger partial charge in [0.1, 0.15) is 6.10 Å². The van der Waals surface area contributed by atoms with Crippen molar-refractivity contribution in [3.8, 4) is 0 Å². The number of carbonyl (C=O) groups is 1. The molecule has 0 aromatic carbocycles. The lowest BCUT2D eigenvalue weighted by Crippen LogP contribution is -2.13. The molecular formula is C6H9NO2. The highest BCUT2D eigenvalue weighted by Gasteiger charge is 2.18. The van der Waals surface area contributed by atoms with Crippen LogP contribution < -0.4 is 5.32 Å². The molecule has 3 heteroatoms. The fraction of sp³-hybridized carbons (Fsp3) is 0.500. The van der Waals surface area contributed by atoms with Crippen molar-refractivity contribution in [3.63, 3.8) is 0 Å². The second-order valence-corrected chi connectivity index (χ2v) is 1.85. The molecule has 1 amide bonds. The maximum Gasteiger partial charge on any atom is 0.407 e. The number of nitrogens with one attached hydrogen (secondary N) is 1. The molecule has 0 saturated carbocycles. The van der Waals surface area contributed by atoms with Gasteiger partial charge in [-0.25, -0.2) is 4.79 Å². The molecule has 0 aliphatic carbocycles. The van der Waals surface area contributed by atoms with E-state index in [-0.39, 0.29) is 12.2 Å². The van der Waals surface area contributed by atoms with Gasteiger partial charge in [0.25, 0.3) is 0 Å². The molecule has 1 unspecified atom stereocenters. The third-order valence-electron chi connectivity index (χ3n) is 1.11. The highest BCUT2D eigenvalue weighted by molar-refractivity contribution is 5.69. The summed E-state index contributed by atoms with van der Waals surface area (Å²) in [6, 6.07) is 0. The fourth-order valence-corrected chi connectivity index (χ4v) is 0.727. The van der Waals surface area contributed by atoms with Crippen LogP contribution in [0.15, 0.2) is 12.2 Å². The zero-order chi connectivity index (χ0) is 6.69. The van der Waals surface area contributed by atoms with Gasteiger partial charge in [0.2, 0.25) is 0 Å². The summed E-state index contributed by atoms with van der Waals surface area (Å²) >= 11 is 0. The Balaban J connectivity index is 2.39. The molecule has 3 nitrogen and oxygen atoms in total. The Labute approximate surface area is 53.7 Å². The molecule has 1 aliphatic rings. The minimum atomic E-state index is -0.321. The van der Waals surface area contributed by atoms with E-state index in [9.17, 15) is 4.79 Å². The monoisotopic (exact) mass is 127 g/mol. The number of carbonyl (C=O) groups excluding carboxylic acids is 1. The first-order chi connectivity index (χ1) is 4.33. The van der Waals surface area contributed by atoms with Crippen molar-refractivity contribution in [2.75, 3.05) is 6.54 Å². The molecule has 0 aromatic rings. The molecule has 0 bridgehead atoms. The number of rotatable bonds is 1. The van der Waals surface area contributed by atoms with Crippen LogP contribution in [0.2, 0.25) is 0 Å². The van der Waals surface area contributed by atoms with Crippen LogP contribution >= 0.6 is 0 Å². The number of cyclic esters (lactones) is 1. The summed E-state index contributed by atoms with van der Waals surface area (Å²) in [4.78, 5) is 10.4. The first-order valence-electron chi connectivity index (χ1n) is 2.90. The molecule has 0 spiro atoms. The van der Waals surface area contributed by atoms with Crippen LogP contribution in [-0.2, 0) is 4.74 Å². The lowest BCUT2D eigenvalue weighted by Gasteiger charge is -1.96. The van der Waals surface area contributed by atoms with Gasteiger partial charge in [-0.05, 0) is 13.0 Å². The van der Waals surface area contributed by atoms with E-state index in [4.69, 9.17) is 4.74 Å². The SMILES string of the molecule is C/C=C\C1CNC(=O)O1. The quantitative estimate of drug-likeness (QED) is 0.526. The minimum absolute atomic E-state index is 0.0532. The molecular weight excluding hydrogens is 118 g/mol. The molecule has 1 heterocycles. The minimum Gasteiger partial charge on any atom is -0.440 e. The van der Waals surface area contributed by atoms with Crippen molar-refractivity contribution in [2.45, 2.75) is 13.0 Å². The number of amides is 1. The molecule has 1 fully saturated rings. The summed E-state index contributed by atoms with van der Waals surface area (Å²) in [6.45, 7) is 2.50. The maximum absolute atomic E-state index is 10.4. The molecule has 0 radical (unpaired) electrons. The first-order valence-corrected chi connectivity index (χ1v) is 2.90. The average Bonchev–Trinajstić information content (AvgIpc) is 2.17. The molecule has 1 rings (SSSR count). The molecule has 1 N–H and O–H groups in total. The van der Waals surface area contributed by atoms with Crippen LogP contribution in [0.5, 0.6) is 0 Å². The standard InChI is InChI=1S/C6H9NO2/c1-2-3-5-4-7-6(8)9-5/h2-3,5H,4H2,1H3,(H,7,8)/b3-2-. The number of ether oxygens (including phenoxy) is 1. The van der Waals surface area contributed by atoms with Gasteiger partial charge < -0.3 is 10.1 Å². The lowest BCUT2D eigenvalue weighted by molar-refractivity contribution is 0.158. The lowest BCUT2D eigenvalue weighted by atomic mass is 10.3. The number of alkyl carbamates (subject to hydrolysis) is 1. The van der Waals surface area contributed by atoms with E-state index in [1.54, 1.807) is 0 Å². The van der Waals surface area contributed by atoms with Crippen LogP contribution in [0.3, 0.4) is 0 Å². The van der Waals surface area contributed by atoms with Crippen LogP contribution in [0.1, 0.15) is 6.92 Å². The van der Waals surface area contributed by atoms with E-state index >= 15 is 0 Å². The Hall–Kier alpha value is -0.990. The molecule has 1 aliphatic heterocycles. The summed E-state index contributed by atoms with van der Waals surface area (Å²) in [5, 5.41) is 2.54. The van der Waals surface area contributed by atoms with Crippen molar-refractivity contribution in [1.29, 1.82) is 0 Å². The summed E-state index contributed by atoms with van der Waals surface area (Å²) < 4.78 is 4.76. The van der Waals surface area contributed by atoms with Gasteiger partial charge in [0, 0.05) is 0 Å². The Morgan fingerprint density at radius 2 is 2.67 bits per heavy atom. The third kappa shape index (κ3) is 1.45. The Morgan fingerprint density at radius 1 is 1.89 bits per heavy atom. The van der Waals surface area contributed by atoms with Crippen LogP contribution in [-0.4, -0.2) is 18.7 Å². The van der Waals surface area contributed by atoms with Crippen LogP contribution in [0.25, 0.3) is 0 Å². The second-order valence-electron chi connectivity index (χ2n) is 1.85. The van der Waals surface area contributed by atoms with Crippen LogP contribution in [0.4, 0.5) is 4.79 Å². The molecule has 9 heavy (non-hydrogen) atoms. The van der Waals surface area contributed by atoms with Crippen molar-refractivity contribution in [2.24, 2.45) is 0 Å². The van der Waals surface area contributed by atoms with Gasteiger partial charge in [0.15, 0.2) is 0 Å². The van der Waals surface area contributed by atoms with Crippen molar-refractivity contribution in [1.82, 2.24) is 5.32 Å². The highest BCUT2D eigenvalue weighted by atomic mass is 16.6. The fourth-order valence-electron chi connectivity index (χ4n) is 0.727. The van der Waals surface area contributed by atoms with Crippen LogP contribution in [0, 0.1) is 0 Å². The predicted octanol–water partition coefficient (Wildman–Crippen LogP) is 0.671. The second kappa shape index (κ2) is 2.53. The summed E-state index contributed by atoms with van der Waals surface area (Å²) in [5.41, 5.74) is 0. The number of hydrogen-bond acceptors (Lipinski definition) is 2. The first kappa shape index (κ1) is 6.13. The largest absolute Gasteiger partial charge is 0.440 e. The zero-order valence-corrected chi connectivity index (χ0v) is 5.26. The van der Waals surface area contributed by atoms with Gasteiger partial charge >= 0.3 is 6.09 Å². The topological polar surface area (TPSA) is 38.3 Å². The average molecular weight is 127 g/mol. The van der Waals surface area contributed by atoms with Gasteiger partial charge in [-0.3, -0.25) is 0 Å². The van der Waals surface area contributed by atoms with E-state index in [0.29, 0.717) is 6.54 Å². The van der Waals surface area contributed by atoms with Gasteiger partial charge in [-0.15, -0.1) is 0 Å². The van der Waals surface area contributed by atoms with E-state index in [2.05, 4.69) is 5.32 Å². The third-order valence-corrected chi connectivity index (χ3v) is 1.11. The van der Waals surface area contributed by atoms with Gasteiger partial charge in [-0.1, -0.05) is 6.08 Å². The molecule has 1 atom stereocenters. The Morgan fingerprint density at radius 3 is 3.11 bits per heavy atom. The smallest absolute Gasteiger partial charge is 0.407 e. The zero-order valence-electron chi connectivity index (χ0n) is 5.26. The summed E-state index contributed by atoms with van der Waals surface area (Å²) in [7, 11) is 0. The number of allylic oxidation sites excluding steroid dienone is 1. The highest BCUT2D eigenvalue weighted by Crippen LogP contribution is 2.00.